The highest BCUT2D eigenvalue weighted by Crippen LogP contribution is 2.34. The topological polar surface area (TPSA) is 94.2 Å². The van der Waals surface area contributed by atoms with Gasteiger partial charge in [0.05, 0.1) is 38.0 Å². The summed E-state index contributed by atoms with van der Waals surface area (Å²) in [5.41, 5.74) is 2.82. The largest absolute Gasteiger partial charge is 0.495 e. The van der Waals surface area contributed by atoms with Crippen molar-refractivity contribution < 1.29 is 27.4 Å². The molecule has 8 nitrogen and oxygen atoms in total. The number of hydrogen-bond donors (Lipinski definition) is 1. The summed E-state index contributed by atoms with van der Waals surface area (Å²) in [6.45, 7) is 5.10. The Morgan fingerprint density at radius 3 is 2.03 bits per heavy atom. The molecule has 0 saturated heterocycles. The first-order valence-electron chi connectivity index (χ1n) is 11.4. The van der Waals surface area contributed by atoms with Crippen LogP contribution in [-0.4, -0.2) is 42.2 Å². The summed E-state index contributed by atoms with van der Waals surface area (Å²) in [5.74, 6) is 0.972. The average Bonchev–Trinajstić information content (AvgIpc) is 2.86. The van der Waals surface area contributed by atoms with Crippen LogP contribution in [0.3, 0.4) is 0 Å². The molecule has 3 aromatic carbocycles. The van der Waals surface area contributed by atoms with Crippen molar-refractivity contribution in [3.63, 3.8) is 0 Å². The molecule has 0 saturated carbocycles. The number of nitrogens with zero attached hydrogens (tertiary/aromatic N) is 1. The van der Waals surface area contributed by atoms with Crippen molar-refractivity contribution in [1.29, 1.82) is 0 Å². The van der Waals surface area contributed by atoms with Gasteiger partial charge in [-0.15, -0.1) is 0 Å². The maximum absolute atomic E-state index is 13.7. The molecule has 3 rings (SSSR count). The van der Waals surface area contributed by atoms with Crippen molar-refractivity contribution in [3.05, 3.63) is 77.4 Å². The van der Waals surface area contributed by atoms with Gasteiger partial charge < -0.3 is 19.5 Å². The van der Waals surface area contributed by atoms with Crippen LogP contribution >= 0.6 is 0 Å². The molecule has 0 radical (unpaired) electrons. The van der Waals surface area contributed by atoms with Gasteiger partial charge in [0, 0.05) is 0 Å². The van der Waals surface area contributed by atoms with Crippen LogP contribution in [0.15, 0.2) is 65.6 Å². The van der Waals surface area contributed by atoms with Crippen molar-refractivity contribution in [3.8, 4) is 17.2 Å². The van der Waals surface area contributed by atoms with Crippen LogP contribution in [0.5, 0.6) is 17.2 Å². The number of carbonyl (C=O) groups excluding carboxylic acids is 1. The first kappa shape index (κ1) is 26.9. The quantitative estimate of drug-likeness (QED) is 0.433. The van der Waals surface area contributed by atoms with E-state index >= 15 is 0 Å². The van der Waals surface area contributed by atoms with Crippen LogP contribution < -0.4 is 23.8 Å². The lowest BCUT2D eigenvalue weighted by Gasteiger charge is -2.27. The Bertz CT molecular complexity index is 1320. The Labute approximate surface area is 212 Å². The Morgan fingerprint density at radius 1 is 0.833 bits per heavy atom. The third-order valence-electron chi connectivity index (χ3n) is 5.78. The number of ether oxygens (including phenoxy) is 3. The van der Waals surface area contributed by atoms with Crippen molar-refractivity contribution in [2.75, 3.05) is 32.2 Å². The highest BCUT2D eigenvalue weighted by Gasteiger charge is 2.30. The van der Waals surface area contributed by atoms with Crippen molar-refractivity contribution in [1.82, 2.24) is 5.32 Å². The Kier molecular flexibility index (Phi) is 8.47. The molecule has 0 bridgehead atoms. The lowest BCUT2D eigenvalue weighted by Crippen LogP contribution is -2.41. The van der Waals surface area contributed by atoms with Crippen molar-refractivity contribution in [2.24, 2.45) is 0 Å². The molecular weight excluding hydrogens is 480 g/mol. The van der Waals surface area contributed by atoms with Gasteiger partial charge in [-0.2, -0.15) is 0 Å². The molecule has 9 heteroatoms. The van der Waals surface area contributed by atoms with Gasteiger partial charge in [0.1, 0.15) is 12.3 Å². The molecule has 0 aliphatic rings. The van der Waals surface area contributed by atoms with Crippen molar-refractivity contribution >= 4 is 21.6 Å². The van der Waals surface area contributed by atoms with Gasteiger partial charge in [-0.3, -0.25) is 9.10 Å². The predicted octanol–water partition coefficient (Wildman–Crippen LogP) is 4.40. The predicted molar refractivity (Wildman–Crippen MR) is 140 cm³/mol. The normalized spacial score (nSPS) is 11.9. The summed E-state index contributed by atoms with van der Waals surface area (Å²) in [7, 11) is 0.466. The lowest BCUT2D eigenvalue weighted by molar-refractivity contribution is -0.120. The lowest BCUT2D eigenvalue weighted by atomic mass is 10.1. The first-order chi connectivity index (χ1) is 17.1. The molecule has 3 aromatic rings. The average molecular weight is 513 g/mol. The highest BCUT2D eigenvalue weighted by molar-refractivity contribution is 7.92. The third-order valence-corrected chi connectivity index (χ3v) is 7.56. The van der Waals surface area contributed by atoms with Gasteiger partial charge in [0.2, 0.25) is 5.91 Å². The number of rotatable bonds is 10. The smallest absolute Gasteiger partial charge is 0.264 e. The summed E-state index contributed by atoms with van der Waals surface area (Å²) < 4.78 is 44.6. The van der Waals surface area contributed by atoms with Gasteiger partial charge in [0.15, 0.2) is 11.5 Å². The van der Waals surface area contributed by atoms with E-state index < -0.39 is 28.5 Å². The number of carbonyl (C=O) groups is 1. The van der Waals surface area contributed by atoms with Gasteiger partial charge in [-0.25, -0.2) is 8.42 Å². The van der Waals surface area contributed by atoms with E-state index in [-0.39, 0.29) is 10.6 Å². The summed E-state index contributed by atoms with van der Waals surface area (Å²) >= 11 is 0. The van der Waals surface area contributed by atoms with Crippen LogP contribution in [0.25, 0.3) is 0 Å². The number of methoxy groups -OCH3 is 3. The van der Waals surface area contributed by atoms with E-state index in [1.807, 2.05) is 32.9 Å². The Hall–Kier alpha value is -3.72. The van der Waals surface area contributed by atoms with E-state index in [1.54, 1.807) is 43.5 Å². The maximum atomic E-state index is 13.7. The summed E-state index contributed by atoms with van der Waals surface area (Å²) in [6, 6.07) is 16.6. The zero-order valence-corrected chi connectivity index (χ0v) is 22.2. The molecule has 0 spiro atoms. The molecule has 1 N–H and O–H groups in total. The monoisotopic (exact) mass is 512 g/mol. The minimum atomic E-state index is -4.08. The maximum Gasteiger partial charge on any atom is 0.264 e. The minimum absolute atomic E-state index is 0.0809. The van der Waals surface area contributed by atoms with Crippen LogP contribution in [0, 0.1) is 13.8 Å². The minimum Gasteiger partial charge on any atom is -0.495 e. The first-order valence-corrected chi connectivity index (χ1v) is 12.8. The molecule has 0 unspecified atom stereocenters. The number of amides is 1. The molecule has 0 aliphatic heterocycles. The molecule has 192 valence electrons. The van der Waals surface area contributed by atoms with Gasteiger partial charge in [-0.05, 0) is 68.3 Å². The SMILES string of the molecule is COc1ccc([C@H](C)NC(=O)CN(c2cc(C)ccc2OC)S(=O)(=O)c2ccc(C)cc2)cc1OC. The van der Waals surface area contributed by atoms with E-state index in [0.29, 0.717) is 17.2 Å². The molecule has 1 atom stereocenters. The zero-order chi connectivity index (χ0) is 26.5. The van der Waals surface area contributed by atoms with E-state index in [9.17, 15) is 13.2 Å². The fourth-order valence-corrected chi connectivity index (χ4v) is 5.18. The molecular formula is C27H32N2O6S. The van der Waals surface area contributed by atoms with Crippen LogP contribution in [0.4, 0.5) is 5.69 Å². The highest BCUT2D eigenvalue weighted by atomic mass is 32.2. The second-order valence-electron chi connectivity index (χ2n) is 8.40. The van der Waals surface area contributed by atoms with Crippen LogP contribution in [-0.2, 0) is 14.8 Å². The zero-order valence-electron chi connectivity index (χ0n) is 21.4. The number of hydrogen-bond acceptors (Lipinski definition) is 6. The van der Waals surface area contributed by atoms with E-state index in [4.69, 9.17) is 14.2 Å². The second-order valence-corrected chi connectivity index (χ2v) is 10.3. The molecule has 1 amide bonds. The van der Waals surface area contributed by atoms with E-state index in [0.717, 1.165) is 21.0 Å². The summed E-state index contributed by atoms with van der Waals surface area (Å²) in [6.07, 6.45) is 0. The number of aryl methyl sites for hydroxylation is 2. The number of benzene rings is 3. The Balaban J connectivity index is 1.95. The number of sulfonamides is 1. The summed E-state index contributed by atoms with van der Waals surface area (Å²) in [5, 5.41) is 2.89. The van der Waals surface area contributed by atoms with Crippen LogP contribution in [0.2, 0.25) is 0 Å². The molecule has 0 fully saturated rings. The van der Waals surface area contributed by atoms with Gasteiger partial charge in [0.25, 0.3) is 10.0 Å². The standard InChI is InChI=1S/C27H32N2O6S/c1-18-7-11-22(12-8-18)36(31,32)29(23-15-19(2)9-13-24(23)33-4)17-27(30)28-20(3)21-10-14-25(34-5)26(16-21)35-6/h7-16,20H,17H2,1-6H3,(H,28,30)/t20-/m0/s1. The van der Waals surface area contributed by atoms with Crippen molar-refractivity contribution in [2.45, 2.75) is 31.7 Å². The molecule has 0 aliphatic carbocycles. The Morgan fingerprint density at radius 2 is 1.42 bits per heavy atom. The number of anilines is 1. The van der Waals surface area contributed by atoms with Crippen LogP contribution in [0.1, 0.15) is 29.7 Å². The summed E-state index contributed by atoms with van der Waals surface area (Å²) in [4.78, 5) is 13.3. The molecule has 0 heterocycles. The third kappa shape index (κ3) is 5.91. The fourth-order valence-electron chi connectivity index (χ4n) is 3.76. The van der Waals surface area contributed by atoms with Gasteiger partial charge >= 0.3 is 0 Å². The second kappa shape index (κ2) is 11.3. The fraction of sp³-hybridized carbons (Fsp3) is 0.296. The molecule has 0 aromatic heterocycles. The number of nitrogens with one attached hydrogen (secondary N) is 1. The van der Waals surface area contributed by atoms with Gasteiger partial charge in [-0.1, -0.05) is 29.8 Å². The van der Waals surface area contributed by atoms with E-state index in [2.05, 4.69) is 5.32 Å². The molecule has 36 heavy (non-hydrogen) atoms. The van der Waals surface area contributed by atoms with E-state index in [1.165, 1.54) is 26.4 Å².